The molecule has 0 aromatic carbocycles. The third kappa shape index (κ3) is 3.07. The first-order valence-electron chi connectivity index (χ1n) is 5.57. The molecule has 0 spiro atoms. The van der Waals surface area contributed by atoms with Crippen molar-refractivity contribution in [3.63, 3.8) is 0 Å². The standard InChI is InChI=1S/C11H22O5Si/c1-7-17(5,6)16-11(8(12)13,9(14)15)10(2,3)4/h7H2,1-6H3,(H,12,13)(H,14,15). The maximum atomic E-state index is 11.4. The summed E-state index contributed by atoms with van der Waals surface area (Å²) in [6, 6.07) is 0.658. The molecule has 0 aromatic heterocycles. The van der Waals surface area contributed by atoms with Crippen molar-refractivity contribution in [3.8, 4) is 0 Å². The number of aliphatic carboxylic acids is 2. The van der Waals surface area contributed by atoms with Crippen LogP contribution in [0.15, 0.2) is 0 Å². The van der Waals surface area contributed by atoms with Gasteiger partial charge in [-0.3, -0.25) is 0 Å². The lowest BCUT2D eigenvalue weighted by molar-refractivity contribution is -0.185. The molecule has 0 aliphatic carbocycles. The van der Waals surface area contributed by atoms with Crippen LogP contribution in [0.1, 0.15) is 27.7 Å². The van der Waals surface area contributed by atoms with E-state index in [-0.39, 0.29) is 0 Å². The number of hydrogen-bond acceptors (Lipinski definition) is 3. The average Bonchev–Trinajstić information content (AvgIpc) is 2.11. The summed E-state index contributed by atoms with van der Waals surface area (Å²) < 4.78 is 5.60. The zero-order chi connectivity index (χ0) is 14.1. The molecule has 5 nitrogen and oxygen atoms in total. The van der Waals surface area contributed by atoms with Crippen LogP contribution in [0.5, 0.6) is 0 Å². The van der Waals surface area contributed by atoms with Crippen LogP contribution in [-0.4, -0.2) is 36.1 Å². The zero-order valence-electron chi connectivity index (χ0n) is 11.3. The molecule has 0 radical (unpaired) electrons. The van der Waals surface area contributed by atoms with Crippen molar-refractivity contribution >= 4 is 20.3 Å². The van der Waals surface area contributed by atoms with Gasteiger partial charge in [0.05, 0.1) is 0 Å². The van der Waals surface area contributed by atoms with Crippen LogP contribution in [0.4, 0.5) is 0 Å². The van der Waals surface area contributed by atoms with E-state index in [4.69, 9.17) is 4.43 Å². The van der Waals surface area contributed by atoms with E-state index in [9.17, 15) is 19.8 Å². The molecule has 0 saturated carbocycles. The number of carbonyl (C=O) groups is 2. The quantitative estimate of drug-likeness (QED) is 0.586. The SMILES string of the molecule is CC[Si](C)(C)OC(C(=O)O)(C(=O)O)C(C)(C)C. The second-order valence-corrected chi connectivity index (χ2v) is 10.2. The Kier molecular flexibility index (Phi) is 4.53. The van der Waals surface area contributed by atoms with Gasteiger partial charge in [0, 0.05) is 5.41 Å². The third-order valence-corrected chi connectivity index (χ3v) is 5.50. The molecule has 0 fully saturated rings. The molecule has 2 N–H and O–H groups in total. The lowest BCUT2D eigenvalue weighted by Gasteiger charge is -2.41. The van der Waals surface area contributed by atoms with Crippen molar-refractivity contribution in [2.24, 2.45) is 5.41 Å². The predicted molar refractivity (Wildman–Crippen MR) is 66.5 cm³/mol. The van der Waals surface area contributed by atoms with Crippen molar-refractivity contribution < 1.29 is 24.2 Å². The third-order valence-electron chi connectivity index (χ3n) is 2.94. The fraction of sp³-hybridized carbons (Fsp3) is 0.818. The molecule has 0 rings (SSSR count). The fourth-order valence-electron chi connectivity index (χ4n) is 1.46. The normalized spacial score (nSPS) is 13.5. The van der Waals surface area contributed by atoms with Crippen molar-refractivity contribution in [1.29, 1.82) is 0 Å². The largest absolute Gasteiger partial charge is 0.479 e. The Labute approximate surface area is 103 Å². The van der Waals surface area contributed by atoms with Gasteiger partial charge in [0.25, 0.3) is 5.60 Å². The molecule has 0 saturated heterocycles. The minimum Gasteiger partial charge on any atom is -0.479 e. The molecule has 17 heavy (non-hydrogen) atoms. The van der Waals surface area contributed by atoms with Crippen LogP contribution in [0.2, 0.25) is 19.1 Å². The molecule has 100 valence electrons. The Bertz CT molecular complexity index is 302. The Hall–Kier alpha value is -0.883. The topological polar surface area (TPSA) is 83.8 Å². The minimum absolute atomic E-state index is 0.658. The summed E-state index contributed by atoms with van der Waals surface area (Å²) in [5, 5.41) is 18.6. The van der Waals surface area contributed by atoms with Gasteiger partial charge < -0.3 is 14.6 Å². The molecule has 0 unspecified atom stereocenters. The van der Waals surface area contributed by atoms with Crippen LogP contribution in [0, 0.1) is 5.41 Å². The lowest BCUT2D eigenvalue weighted by Crippen LogP contribution is -2.62. The summed E-state index contributed by atoms with van der Waals surface area (Å²) in [7, 11) is -2.31. The number of carboxylic acids is 2. The van der Waals surface area contributed by atoms with Crippen molar-refractivity contribution in [2.75, 3.05) is 0 Å². The van der Waals surface area contributed by atoms with E-state index in [1.165, 1.54) is 0 Å². The van der Waals surface area contributed by atoms with Crippen molar-refractivity contribution in [2.45, 2.75) is 52.4 Å². The van der Waals surface area contributed by atoms with E-state index in [0.29, 0.717) is 6.04 Å². The van der Waals surface area contributed by atoms with E-state index in [1.54, 1.807) is 20.8 Å². The van der Waals surface area contributed by atoms with Crippen molar-refractivity contribution in [1.82, 2.24) is 0 Å². The van der Waals surface area contributed by atoms with Gasteiger partial charge in [0.15, 0.2) is 8.32 Å². The molecular formula is C11H22O5Si. The van der Waals surface area contributed by atoms with Crippen LogP contribution < -0.4 is 0 Å². The van der Waals surface area contributed by atoms with Crippen LogP contribution >= 0.6 is 0 Å². The molecule has 0 atom stereocenters. The molecule has 0 aliphatic heterocycles. The Balaban J connectivity index is 5.69. The Morgan fingerprint density at radius 1 is 1.12 bits per heavy atom. The zero-order valence-corrected chi connectivity index (χ0v) is 12.3. The van der Waals surface area contributed by atoms with E-state index in [0.717, 1.165) is 0 Å². The first-order valence-corrected chi connectivity index (χ1v) is 8.69. The van der Waals surface area contributed by atoms with Crippen LogP contribution in [0.3, 0.4) is 0 Å². The first-order chi connectivity index (χ1) is 7.40. The van der Waals surface area contributed by atoms with Gasteiger partial charge in [-0.1, -0.05) is 27.7 Å². The van der Waals surface area contributed by atoms with E-state index < -0.39 is 31.3 Å². The van der Waals surface area contributed by atoms with Gasteiger partial charge in [-0.15, -0.1) is 0 Å². The highest BCUT2D eigenvalue weighted by Gasteiger charge is 2.59. The van der Waals surface area contributed by atoms with E-state index in [1.807, 2.05) is 20.0 Å². The smallest absolute Gasteiger partial charge is 0.347 e. The highest BCUT2D eigenvalue weighted by atomic mass is 28.4. The van der Waals surface area contributed by atoms with Gasteiger partial charge in [-0.25, -0.2) is 9.59 Å². The second-order valence-electron chi connectivity index (χ2n) is 5.76. The second kappa shape index (κ2) is 4.78. The monoisotopic (exact) mass is 262 g/mol. The maximum absolute atomic E-state index is 11.4. The molecule has 0 heterocycles. The van der Waals surface area contributed by atoms with E-state index >= 15 is 0 Å². The van der Waals surface area contributed by atoms with Gasteiger partial charge in [0.1, 0.15) is 0 Å². The summed E-state index contributed by atoms with van der Waals surface area (Å²) in [6.45, 7) is 10.2. The number of carboxylic acid groups (broad SMARTS) is 2. The minimum atomic E-state index is -2.31. The molecule has 0 aromatic rings. The Morgan fingerprint density at radius 2 is 1.47 bits per heavy atom. The first kappa shape index (κ1) is 16.1. The molecule has 0 amide bonds. The fourth-order valence-corrected chi connectivity index (χ4v) is 2.91. The highest BCUT2D eigenvalue weighted by Crippen LogP contribution is 2.37. The molecule has 6 heteroatoms. The molecule has 0 bridgehead atoms. The van der Waals surface area contributed by atoms with Gasteiger partial charge in [-0.2, -0.15) is 0 Å². The number of hydrogen-bond donors (Lipinski definition) is 2. The van der Waals surface area contributed by atoms with Crippen LogP contribution in [-0.2, 0) is 14.0 Å². The maximum Gasteiger partial charge on any atom is 0.347 e. The summed E-state index contributed by atoms with van der Waals surface area (Å²) in [6.07, 6.45) is 0. The van der Waals surface area contributed by atoms with Gasteiger partial charge in [-0.05, 0) is 19.1 Å². The highest BCUT2D eigenvalue weighted by molar-refractivity contribution is 6.71. The van der Waals surface area contributed by atoms with Gasteiger partial charge in [0.2, 0.25) is 0 Å². The predicted octanol–water partition coefficient (Wildman–Crippen LogP) is 2.18. The number of rotatable bonds is 5. The van der Waals surface area contributed by atoms with Crippen LogP contribution in [0.25, 0.3) is 0 Å². The van der Waals surface area contributed by atoms with Gasteiger partial charge >= 0.3 is 11.9 Å². The van der Waals surface area contributed by atoms with E-state index in [2.05, 4.69) is 0 Å². The average molecular weight is 262 g/mol. The summed E-state index contributed by atoms with van der Waals surface area (Å²) >= 11 is 0. The summed E-state index contributed by atoms with van der Waals surface area (Å²) in [5.74, 6) is -2.88. The molecule has 0 aliphatic rings. The Morgan fingerprint density at radius 3 is 1.65 bits per heavy atom. The summed E-state index contributed by atoms with van der Waals surface area (Å²) in [4.78, 5) is 22.8. The molecular weight excluding hydrogens is 240 g/mol. The van der Waals surface area contributed by atoms with Crippen molar-refractivity contribution in [3.05, 3.63) is 0 Å². The summed E-state index contributed by atoms with van der Waals surface area (Å²) in [5.41, 5.74) is -3.21. The lowest BCUT2D eigenvalue weighted by atomic mass is 9.76.